The number of aryl methyl sites for hydroxylation is 1. The lowest BCUT2D eigenvalue weighted by Crippen LogP contribution is -2.45. The van der Waals surface area contributed by atoms with E-state index in [2.05, 4.69) is 5.32 Å². The molecule has 1 saturated carbocycles. The number of hydrogen-bond acceptors (Lipinski definition) is 3. The number of benzene rings is 1. The molecule has 2 fully saturated rings. The van der Waals surface area contributed by atoms with Gasteiger partial charge in [0.2, 0.25) is 15.9 Å². The highest BCUT2D eigenvalue weighted by Crippen LogP contribution is 2.27. The van der Waals surface area contributed by atoms with E-state index in [9.17, 15) is 13.2 Å². The molecule has 5 nitrogen and oxygen atoms in total. The van der Waals surface area contributed by atoms with Crippen LogP contribution in [0.3, 0.4) is 0 Å². The monoisotopic (exact) mass is 356 g/mol. The van der Waals surface area contributed by atoms with Crippen molar-refractivity contribution in [3.05, 3.63) is 28.8 Å². The van der Waals surface area contributed by atoms with Gasteiger partial charge in [-0.2, -0.15) is 4.31 Å². The number of sulfonamides is 1. The minimum absolute atomic E-state index is 0.0191. The van der Waals surface area contributed by atoms with Crippen molar-refractivity contribution in [1.29, 1.82) is 0 Å². The van der Waals surface area contributed by atoms with Crippen molar-refractivity contribution in [2.75, 3.05) is 13.1 Å². The Hall–Kier alpha value is -1.11. The molecule has 1 aliphatic carbocycles. The lowest BCUT2D eigenvalue weighted by molar-refractivity contribution is -0.126. The van der Waals surface area contributed by atoms with Crippen molar-refractivity contribution in [2.24, 2.45) is 5.92 Å². The largest absolute Gasteiger partial charge is 0.353 e. The van der Waals surface area contributed by atoms with E-state index in [-0.39, 0.29) is 23.3 Å². The molecule has 0 unspecified atom stereocenters. The minimum atomic E-state index is -3.61. The molecule has 1 N–H and O–H groups in total. The first-order valence-electron chi connectivity index (χ1n) is 7.94. The first-order valence-corrected chi connectivity index (χ1v) is 9.76. The molecule has 126 valence electrons. The van der Waals surface area contributed by atoms with E-state index in [0.29, 0.717) is 24.0 Å². The third kappa shape index (κ3) is 3.70. The van der Waals surface area contributed by atoms with Crippen LogP contribution in [0.4, 0.5) is 0 Å². The van der Waals surface area contributed by atoms with Crippen LogP contribution in [0.5, 0.6) is 0 Å². The molecule has 0 bridgehead atoms. The first-order chi connectivity index (χ1) is 10.9. The van der Waals surface area contributed by atoms with Gasteiger partial charge in [0.05, 0.1) is 10.8 Å². The lowest BCUT2D eigenvalue weighted by Gasteiger charge is -2.31. The Bertz CT molecular complexity index is 716. The number of carbonyl (C=O) groups excluding carboxylic acids is 1. The summed E-state index contributed by atoms with van der Waals surface area (Å²) >= 11 is 6.06. The highest BCUT2D eigenvalue weighted by atomic mass is 35.5. The second-order valence-electron chi connectivity index (χ2n) is 6.40. The van der Waals surface area contributed by atoms with Crippen molar-refractivity contribution >= 4 is 27.5 Å². The fraction of sp³-hybridized carbons (Fsp3) is 0.562. The second kappa shape index (κ2) is 6.42. The zero-order valence-electron chi connectivity index (χ0n) is 13.1. The van der Waals surface area contributed by atoms with Crippen LogP contribution in [0.2, 0.25) is 5.02 Å². The lowest BCUT2D eigenvalue weighted by atomic mass is 9.99. The molecule has 1 saturated heterocycles. The minimum Gasteiger partial charge on any atom is -0.353 e. The topological polar surface area (TPSA) is 66.5 Å². The van der Waals surface area contributed by atoms with Crippen LogP contribution in [-0.2, 0) is 14.8 Å². The summed E-state index contributed by atoms with van der Waals surface area (Å²) in [6.45, 7) is 2.52. The molecular formula is C16H21ClN2O3S. The van der Waals surface area contributed by atoms with Crippen molar-refractivity contribution in [1.82, 2.24) is 9.62 Å². The Labute approximate surface area is 142 Å². The predicted molar refractivity (Wildman–Crippen MR) is 88.8 cm³/mol. The van der Waals surface area contributed by atoms with E-state index in [4.69, 9.17) is 11.6 Å². The standard InChI is InChI=1S/C16H21ClN2O3S/c1-11-4-7-14(9-15(11)17)23(21,22)19-8-2-3-12(10-19)16(20)18-13-5-6-13/h4,7,9,12-13H,2-3,5-6,8,10H2,1H3,(H,18,20)/t12-/m0/s1. The van der Waals surface area contributed by atoms with Crippen molar-refractivity contribution in [2.45, 2.75) is 43.5 Å². The number of rotatable bonds is 4. The van der Waals surface area contributed by atoms with Crippen molar-refractivity contribution in [3.63, 3.8) is 0 Å². The molecular weight excluding hydrogens is 336 g/mol. The van der Waals surface area contributed by atoms with E-state index in [1.165, 1.54) is 10.4 Å². The number of carbonyl (C=O) groups is 1. The summed E-state index contributed by atoms with van der Waals surface area (Å²) in [5, 5.41) is 3.41. The summed E-state index contributed by atoms with van der Waals surface area (Å²) < 4.78 is 27.0. The second-order valence-corrected chi connectivity index (χ2v) is 8.74. The first kappa shape index (κ1) is 16.7. The van der Waals surface area contributed by atoms with E-state index in [1.807, 2.05) is 6.92 Å². The van der Waals surface area contributed by atoms with Gasteiger partial charge >= 0.3 is 0 Å². The molecule has 1 aromatic carbocycles. The maximum Gasteiger partial charge on any atom is 0.243 e. The van der Waals surface area contributed by atoms with E-state index < -0.39 is 10.0 Å². The number of halogens is 1. The Morgan fingerprint density at radius 1 is 1.30 bits per heavy atom. The third-order valence-corrected chi connectivity index (χ3v) is 6.73. The van der Waals surface area contributed by atoms with Crippen LogP contribution in [0, 0.1) is 12.8 Å². The molecule has 0 spiro atoms. The number of piperidine rings is 1. The summed E-state index contributed by atoms with van der Waals surface area (Å²) in [6, 6.07) is 5.06. The molecule has 1 heterocycles. The average Bonchev–Trinajstić information content (AvgIpc) is 3.34. The predicted octanol–water partition coefficient (Wildman–Crippen LogP) is 2.33. The molecule has 3 rings (SSSR count). The molecule has 0 radical (unpaired) electrons. The average molecular weight is 357 g/mol. The van der Waals surface area contributed by atoms with Gasteiger partial charge < -0.3 is 5.32 Å². The smallest absolute Gasteiger partial charge is 0.243 e. The van der Waals surface area contributed by atoms with Gasteiger partial charge in [-0.05, 0) is 50.3 Å². The Kier molecular flexibility index (Phi) is 4.67. The normalized spacial score (nSPS) is 22.8. The quantitative estimate of drug-likeness (QED) is 0.900. The summed E-state index contributed by atoms with van der Waals surface area (Å²) in [4.78, 5) is 12.4. The van der Waals surface area contributed by atoms with Gasteiger partial charge in [-0.1, -0.05) is 17.7 Å². The van der Waals surface area contributed by atoms with Crippen LogP contribution in [-0.4, -0.2) is 37.8 Å². The van der Waals surface area contributed by atoms with E-state index >= 15 is 0 Å². The maximum absolute atomic E-state index is 12.8. The summed E-state index contributed by atoms with van der Waals surface area (Å²) in [6.07, 6.45) is 3.49. The van der Waals surface area contributed by atoms with Crippen LogP contribution in [0.25, 0.3) is 0 Å². The van der Waals surface area contributed by atoms with Crippen molar-refractivity contribution < 1.29 is 13.2 Å². The molecule has 1 aromatic rings. The van der Waals surface area contributed by atoms with Gasteiger partial charge in [0.1, 0.15) is 0 Å². The van der Waals surface area contributed by atoms with E-state index in [1.54, 1.807) is 12.1 Å². The van der Waals surface area contributed by atoms with Gasteiger partial charge in [-0.15, -0.1) is 0 Å². The molecule has 2 aliphatic rings. The van der Waals surface area contributed by atoms with Crippen LogP contribution in [0.15, 0.2) is 23.1 Å². The Balaban J connectivity index is 1.75. The van der Waals surface area contributed by atoms with Gasteiger partial charge in [0, 0.05) is 24.2 Å². The zero-order valence-corrected chi connectivity index (χ0v) is 14.7. The fourth-order valence-corrected chi connectivity index (χ4v) is 4.60. The number of amides is 1. The highest BCUT2D eigenvalue weighted by Gasteiger charge is 2.35. The summed E-state index contributed by atoms with van der Waals surface area (Å²) in [7, 11) is -3.61. The maximum atomic E-state index is 12.8. The molecule has 0 aromatic heterocycles. The van der Waals surface area contributed by atoms with Gasteiger partial charge in [-0.3, -0.25) is 4.79 Å². The fourth-order valence-electron chi connectivity index (χ4n) is 2.80. The van der Waals surface area contributed by atoms with Crippen molar-refractivity contribution in [3.8, 4) is 0 Å². The van der Waals surface area contributed by atoms with Crippen LogP contribution in [0.1, 0.15) is 31.2 Å². The Morgan fingerprint density at radius 3 is 2.70 bits per heavy atom. The SMILES string of the molecule is Cc1ccc(S(=O)(=O)N2CCC[C@H](C(=O)NC3CC3)C2)cc1Cl. The number of nitrogens with one attached hydrogen (secondary N) is 1. The van der Waals surface area contributed by atoms with Crippen LogP contribution >= 0.6 is 11.6 Å². The molecule has 1 amide bonds. The Morgan fingerprint density at radius 2 is 2.04 bits per heavy atom. The summed E-state index contributed by atoms with van der Waals surface area (Å²) in [5.41, 5.74) is 0.839. The highest BCUT2D eigenvalue weighted by molar-refractivity contribution is 7.89. The van der Waals surface area contributed by atoms with Gasteiger partial charge in [0.15, 0.2) is 0 Å². The molecule has 1 aliphatic heterocycles. The molecule has 23 heavy (non-hydrogen) atoms. The zero-order chi connectivity index (χ0) is 16.6. The van der Waals surface area contributed by atoms with E-state index in [0.717, 1.165) is 24.8 Å². The van der Waals surface area contributed by atoms with Gasteiger partial charge in [-0.25, -0.2) is 8.42 Å². The number of hydrogen-bond donors (Lipinski definition) is 1. The number of nitrogens with zero attached hydrogens (tertiary/aromatic N) is 1. The molecule has 7 heteroatoms. The van der Waals surface area contributed by atoms with Gasteiger partial charge in [0.25, 0.3) is 0 Å². The third-order valence-electron chi connectivity index (χ3n) is 4.46. The summed E-state index contributed by atoms with van der Waals surface area (Å²) in [5.74, 6) is -0.283. The molecule has 1 atom stereocenters. The van der Waals surface area contributed by atoms with Crippen LogP contribution < -0.4 is 5.32 Å².